The molecule has 0 aliphatic carbocycles. The van der Waals surface area contributed by atoms with E-state index in [-0.39, 0.29) is 5.91 Å². The first-order chi connectivity index (χ1) is 8.74. The highest BCUT2D eigenvalue weighted by atomic mass is 32.1. The number of nitrogens with zero attached hydrogens (tertiary/aromatic N) is 1. The molecule has 1 heterocycles. The van der Waals surface area contributed by atoms with Gasteiger partial charge in [-0.15, -0.1) is 11.3 Å². The fourth-order valence-corrected chi connectivity index (χ4v) is 2.26. The minimum Gasteiger partial charge on any atom is -0.355 e. The normalized spacial score (nSPS) is 10.3. The second kappa shape index (κ2) is 6.31. The van der Waals surface area contributed by atoms with Crippen LogP contribution in [0.3, 0.4) is 0 Å². The molecular formula is C14H16N2OS. The molecule has 0 saturated carbocycles. The van der Waals surface area contributed by atoms with Crippen molar-refractivity contribution in [3.63, 3.8) is 0 Å². The van der Waals surface area contributed by atoms with Crippen LogP contribution < -0.4 is 5.32 Å². The van der Waals surface area contributed by atoms with Crippen LogP contribution in [0.25, 0.3) is 0 Å². The third-order valence-electron chi connectivity index (χ3n) is 2.63. The molecule has 18 heavy (non-hydrogen) atoms. The average molecular weight is 260 g/mol. The number of thiazole rings is 1. The molecule has 0 aliphatic heterocycles. The molecule has 0 atom stereocenters. The molecule has 0 radical (unpaired) electrons. The van der Waals surface area contributed by atoms with Crippen LogP contribution in [0.4, 0.5) is 0 Å². The van der Waals surface area contributed by atoms with Gasteiger partial charge in [0.05, 0.1) is 11.4 Å². The van der Waals surface area contributed by atoms with E-state index in [0.29, 0.717) is 13.0 Å². The molecule has 1 N–H and O–H groups in total. The van der Waals surface area contributed by atoms with Gasteiger partial charge in [0, 0.05) is 24.5 Å². The van der Waals surface area contributed by atoms with Gasteiger partial charge in [-0.1, -0.05) is 29.8 Å². The van der Waals surface area contributed by atoms with Crippen LogP contribution in [-0.4, -0.2) is 17.4 Å². The summed E-state index contributed by atoms with van der Waals surface area (Å²) in [5, 5.41) is 5.92. The van der Waals surface area contributed by atoms with Crippen molar-refractivity contribution in [2.24, 2.45) is 0 Å². The van der Waals surface area contributed by atoms with Gasteiger partial charge in [0.25, 0.3) is 0 Å². The van der Waals surface area contributed by atoms with E-state index in [1.807, 2.05) is 36.6 Å². The molecule has 4 heteroatoms. The predicted octanol–water partition coefficient (Wildman–Crippen LogP) is 2.35. The van der Waals surface area contributed by atoms with Crippen LogP contribution in [0.2, 0.25) is 0 Å². The van der Waals surface area contributed by atoms with Crippen molar-refractivity contribution in [3.8, 4) is 0 Å². The standard InChI is InChI=1S/C14H16N2OS/c1-11-2-4-12(5-3-11)10-13(17)15-7-6-14-16-8-9-18-14/h2-5,8-9H,6-7,10H2,1H3,(H,15,17). The molecular weight excluding hydrogens is 244 g/mol. The summed E-state index contributed by atoms with van der Waals surface area (Å²) in [4.78, 5) is 15.9. The van der Waals surface area contributed by atoms with Crippen molar-refractivity contribution in [1.29, 1.82) is 0 Å². The summed E-state index contributed by atoms with van der Waals surface area (Å²) in [7, 11) is 0. The Kier molecular flexibility index (Phi) is 4.47. The molecule has 0 spiro atoms. The summed E-state index contributed by atoms with van der Waals surface area (Å²) in [6.07, 6.45) is 3.03. The zero-order valence-corrected chi connectivity index (χ0v) is 11.2. The molecule has 3 nitrogen and oxygen atoms in total. The lowest BCUT2D eigenvalue weighted by atomic mass is 10.1. The Morgan fingerprint density at radius 1 is 1.33 bits per heavy atom. The SMILES string of the molecule is Cc1ccc(CC(=O)NCCc2nccs2)cc1. The van der Waals surface area contributed by atoms with E-state index in [9.17, 15) is 4.79 Å². The topological polar surface area (TPSA) is 42.0 Å². The molecule has 0 unspecified atom stereocenters. The van der Waals surface area contributed by atoms with E-state index in [0.717, 1.165) is 17.0 Å². The minimum atomic E-state index is 0.0652. The monoisotopic (exact) mass is 260 g/mol. The van der Waals surface area contributed by atoms with Crippen molar-refractivity contribution in [2.75, 3.05) is 6.54 Å². The molecule has 0 bridgehead atoms. The number of nitrogens with one attached hydrogen (secondary N) is 1. The lowest BCUT2D eigenvalue weighted by Crippen LogP contribution is -2.27. The molecule has 0 saturated heterocycles. The first-order valence-corrected chi connectivity index (χ1v) is 6.82. The Hall–Kier alpha value is -1.68. The highest BCUT2D eigenvalue weighted by Crippen LogP contribution is 2.05. The number of carbonyl (C=O) groups excluding carboxylic acids is 1. The van der Waals surface area contributed by atoms with Crippen molar-refractivity contribution in [1.82, 2.24) is 10.3 Å². The van der Waals surface area contributed by atoms with E-state index in [1.54, 1.807) is 17.5 Å². The van der Waals surface area contributed by atoms with Gasteiger partial charge in [-0.25, -0.2) is 4.98 Å². The number of hydrogen-bond donors (Lipinski definition) is 1. The van der Waals surface area contributed by atoms with Crippen LogP contribution in [0.15, 0.2) is 35.8 Å². The molecule has 1 aromatic carbocycles. The summed E-state index contributed by atoms with van der Waals surface area (Å²) < 4.78 is 0. The quantitative estimate of drug-likeness (QED) is 0.896. The fourth-order valence-electron chi connectivity index (χ4n) is 1.64. The zero-order valence-electron chi connectivity index (χ0n) is 10.3. The van der Waals surface area contributed by atoms with Crippen molar-refractivity contribution >= 4 is 17.2 Å². The number of aryl methyl sites for hydroxylation is 1. The third-order valence-corrected chi connectivity index (χ3v) is 3.47. The smallest absolute Gasteiger partial charge is 0.224 e. The Morgan fingerprint density at radius 3 is 2.78 bits per heavy atom. The maximum absolute atomic E-state index is 11.7. The molecule has 1 aromatic heterocycles. The van der Waals surface area contributed by atoms with Gasteiger partial charge in [-0.2, -0.15) is 0 Å². The maximum Gasteiger partial charge on any atom is 0.224 e. The summed E-state index contributed by atoms with van der Waals surface area (Å²) in [6.45, 7) is 2.69. The summed E-state index contributed by atoms with van der Waals surface area (Å²) in [6, 6.07) is 8.04. The first kappa shape index (κ1) is 12.8. The largest absolute Gasteiger partial charge is 0.355 e. The Balaban J connectivity index is 1.73. The van der Waals surface area contributed by atoms with Crippen LogP contribution in [0, 0.1) is 6.92 Å². The van der Waals surface area contributed by atoms with Gasteiger partial charge in [-0.05, 0) is 12.5 Å². The van der Waals surface area contributed by atoms with Crippen LogP contribution in [0.5, 0.6) is 0 Å². The second-order valence-corrected chi connectivity index (χ2v) is 5.17. The van der Waals surface area contributed by atoms with Gasteiger partial charge < -0.3 is 5.32 Å². The molecule has 2 rings (SSSR count). The lowest BCUT2D eigenvalue weighted by Gasteiger charge is -2.04. The average Bonchev–Trinajstić information content (AvgIpc) is 2.85. The third kappa shape index (κ3) is 3.96. The lowest BCUT2D eigenvalue weighted by molar-refractivity contribution is -0.120. The Morgan fingerprint density at radius 2 is 2.11 bits per heavy atom. The fraction of sp³-hybridized carbons (Fsp3) is 0.286. The van der Waals surface area contributed by atoms with Crippen molar-refractivity contribution < 1.29 is 4.79 Å². The summed E-state index contributed by atoms with van der Waals surface area (Å²) in [5.74, 6) is 0.0652. The zero-order chi connectivity index (χ0) is 12.8. The van der Waals surface area contributed by atoms with Crippen LogP contribution in [-0.2, 0) is 17.6 Å². The molecule has 2 aromatic rings. The highest BCUT2D eigenvalue weighted by Gasteiger charge is 2.03. The number of benzene rings is 1. The number of aromatic nitrogens is 1. The van der Waals surface area contributed by atoms with Crippen molar-refractivity contribution in [2.45, 2.75) is 19.8 Å². The van der Waals surface area contributed by atoms with E-state index in [4.69, 9.17) is 0 Å². The van der Waals surface area contributed by atoms with Gasteiger partial charge >= 0.3 is 0 Å². The second-order valence-electron chi connectivity index (χ2n) is 4.19. The van der Waals surface area contributed by atoms with E-state index < -0.39 is 0 Å². The van der Waals surface area contributed by atoms with Gasteiger partial charge in [0.2, 0.25) is 5.91 Å². The number of hydrogen-bond acceptors (Lipinski definition) is 3. The molecule has 94 valence electrons. The van der Waals surface area contributed by atoms with E-state index >= 15 is 0 Å². The van der Waals surface area contributed by atoms with E-state index in [1.165, 1.54) is 5.56 Å². The highest BCUT2D eigenvalue weighted by molar-refractivity contribution is 7.09. The minimum absolute atomic E-state index is 0.0652. The number of rotatable bonds is 5. The Bertz CT molecular complexity index is 491. The summed E-state index contributed by atoms with van der Waals surface area (Å²) in [5.41, 5.74) is 2.26. The van der Waals surface area contributed by atoms with Gasteiger partial charge in [0.1, 0.15) is 0 Å². The van der Waals surface area contributed by atoms with Crippen LogP contribution in [0.1, 0.15) is 16.1 Å². The van der Waals surface area contributed by atoms with Gasteiger partial charge in [0.15, 0.2) is 0 Å². The molecule has 1 amide bonds. The van der Waals surface area contributed by atoms with Crippen LogP contribution >= 0.6 is 11.3 Å². The van der Waals surface area contributed by atoms with Crippen molar-refractivity contribution in [3.05, 3.63) is 52.0 Å². The first-order valence-electron chi connectivity index (χ1n) is 5.94. The molecule has 0 aliphatic rings. The maximum atomic E-state index is 11.7. The number of carbonyl (C=O) groups is 1. The molecule has 0 fully saturated rings. The Labute approximate surface area is 111 Å². The van der Waals surface area contributed by atoms with Gasteiger partial charge in [-0.3, -0.25) is 4.79 Å². The summed E-state index contributed by atoms with van der Waals surface area (Å²) >= 11 is 1.62. The van der Waals surface area contributed by atoms with E-state index in [2.05, 4.69) is 10.3 Å². The number of amides is 1. The predicted molar refractivity (Wildman–Crippen MR) is 73.7 cm³/mol.